The first-order chi connectivity index (χ1) is 8.49. The number of hydrogen-bond donors (Lipinski definition) is 1. The summed E-state index contributed by atoms with van der Waals surface area (Å²) in [6.07, 6.45) is -1.10. The van der Waals surface area contributed by atoms with Gasteiger partial charge in [-0.15, -0.1) is 0 Å². The van der Waals surface area contributed by atoms with Crippen LogP contribution in [0.25, 0.3) is 0 Å². The van der Waals surface area contributed by atoms with E-state index in [1.165, 1.54) is 30.3 Å². The highest BCUT2D eigenvalue weighted by Crippen LogP contribution is 2.27. The maximum Gasteiger partial charge on any atom is 0.130 e. The Balaban J connectivity index is 2.41. The third-order valence-corrected chi connectivity index (χ3v) is 3.25. The topological polar surface area (TPSA) is 20.2 Å². The second-order valence-electron chi connectivity index (χ2n) is 4.08. The van der Waals surface area contributed by atoms with E-state index >= 15 is 0 Å². The Hall–Kier alpha value is -1.26. The molecule has 0 saturated carbocycles. The molecule has 1 nitrogen and oxygen atoms in total. The van der Waals surface area contributed by atoms with Crippen LogP contribution < -0.4 is 0 Å². The van der Waals surface area contributed by atoms with Gasteiger partial charge in [0.2, 0.25) is 0 Å². The van der Waals surface area contributed by atoms with Crippen LogP contribution in [0.4, 0.5) is 8.78 Å². The van der Waals surface area contributed by atoms with E-state index in [1.807, 2.05) is 0 Å². The number of halogens is 3. The predicted molar refractivity (Wildman–Crippen MR) is 69.3 cm³/mol. The molecule has 18 heavy (non-hydrogen) atoms. The average molecular weight is 313 g/mol. The molecule has 1 N–H and O–H groups in total. The first-order valence-electron chi connectivity index (χ1n) is 5.38. The summed E-state index contributed by atoms with van der Waals surface area (Å²) in [5.41, 5.74) is 1.06. The van der Waals surface area contributed by atoms with Crippen molar-refractivity contribution in [2.45, 2.75) is 13.0 Å². The average Bonchev–Trinajstić information content (AvgIpc) is 2.32. The van der Waals surface area contributed by atoms with E-state index in [0.29, 0.717) is 15.6 Å². The lowest BCUT2D eigenvalue weighted by Crippen LogP contribution is -2.03. The number of benzene rings is 2. The van der Waals surface area contributed by atoms with E-state index in [0.717, 1.165) is 0 Å². The van der Waals surface area contributed by atoms with Gasteiger partial charge in [-0.1, -0.05) is 34.1 Å². The summed E-state index contributed by atoms with van der Waals surface area (Å²) >= 11 is 3.15. The van der Waals surface area contributed by atoms with Crippen molar-refractivity contribution in [2.75, 3.05) is 0 Å². The first kappa shape index (κ1) is 13.2. The summed E-state index contributed by atoms with van der Waals surface area (Å²) in [6, 6.07) is 8.68. The molecule has 0 aliphatic rings. The van der Waals surface area contributed by atoms with E-state index < -0.39 is 11.9 Å². The second-order valence-corrected chi connectivity index (χ2v) is 4.99. The number of rotatable bonds is 2. The third kappa shape index (κ3) is 2.60. The molecule has 0 saturated heterocycles. The quantitative estimate of drug-likeness (QED) is 0.884. The highest BCUT2D eigenvalue weighted by atomic mass is 79.9. The maximum absolute atomic E-state index is 13.7. The summed E-state index contributed by atoms with van der Waals surface area (Å²) in [5.74, 6) is -0.846. The number of hydrogen-bond acceptors (Lipinski definition) is 1. The fourth-order valence-electron chi connectivity index (χ4n) is 1.74. The molecule has 1 unspecified atom stereocenters. The number of aliphatic hydroxyl groups is 1. The van der Waals surface area contributed by atoms with E-state index in [2.05, 4.69) is 15.9 Å². The normalized spacial score (nSPS) is 12.5. The van der Waals surface area contributed by atoms with Gasteiger partial charge in [0.05, 0.1) is 0 Å². The smallest absolute Gasteiger partial charge is 0.130 e. The Bertz CT molecular complexity index is 584. The van der Waals surface area contributed by atoms with Crippen molar-refractivity contribution >= 4 is 15.9 Å². The van der Waals surface area contributed by atoms with Gasteiger partial charge in [-0.2, -0.15) is 0 Å². The fraction of sp³-hybridized carbons (Fsp3) is 0.143. The third-order valence-electron chi connectivity index (χ3n) is 2.75. The second kappa shape index (κ2) is 5.16. The van der Waals surface area contributed by atoms with Gasteiger partial charge in [-0.05, 0) is 36.2 Å². The van der Waals surface area contributed by atoms with Gasteiger partial charge in [-0.3, -0.25) is 0 Å². The highest BCUT2D eigenvalue weighted by molar-refractivity contribution is 9.10. The van der Waals surface area contributed by atoms with Crippen LogP contribution >= 0.6 is 15.9 Å². The SMILES string of the molecule is Cc1cc(C(O)c2ccc(Br)cc2F)ccc1F. The Labute approximate surface area is 112 Å². The molecule has 0 amide bonds. The minimum absolute atomic E-state index is 0.171. The number of aryl methyl sites for hydroxylation is 1. The predicted octanol–water partition coefficient (Wildman–Crippen LogP) is 4.12. The van der Waals surface area contributed by atoms with Gasteiger partial charge >= 0.3 is 0 Å². The molecule has 2 aromatic rings. The van der Waals surface area contributed by atoms with Crippen molar-refractivity contribution in [3.8, 4) is 0 Å². The molecule has 94 valence electrons. The zero-order valence-corrected chi connectivity index (χ0v) is 11.2. The lowest BCUT2D eigenvalue weighted by atomic mass is 9.99. The van der Waals surface area contributed by atoms with Crippen molar-refractivity contribution in [1.82, 2.24) is 0 Å². The highest BCUT2D eigenvalue weighted by Gasteiger charge is 2.16. The zero-order chi connectivity index (χ0) is 13.3. The van der Waals surface area contributed by atoms with Crippen molar-refractivity contribution in [1.29, 1.82) is 0 Å². The maximum atomic E-state index is 13.7. The molecular weight excluding hydrogens is 302 g/mol. The molecule has 0 spiro atoms. The molecule has 2 rings (SSSR count). The van der Waals surface area contributed by atoms with Crippen LogP contribution in [0.15, 0.2) is 40.9 Å². The van der Waals surface area contributed by atoms with Crippen molar-refractivity contribution in [2.24, 2.45) is 0 Å². The van der Waals surface area contributed by atoms with E-state index in [9.17, 15) is 13.9 Å². The van der Waals surface area contributed by atoms with Gasteiger partial charge in [0.1, 0.15) is 17.7 Å². The Kier molecular flexibility index (Phi) is 3.78. The molecule has 0 radical (unpaired) electrons. The van der Waals surface area contributed by atoms with Crippen LogP contribution in [0.2, 0.25) is 0 Å². The monoisotopic (exact) mass is 312 g/mol. The van der Waals surface area contributed by atoms with Crippen molar-refractivity contribution in [3.63, 3.8) is 0 Å². The Morgan fingerprint density at radius 2 is 1.78 bits per heavy atom. The molecule has 4 heteroatoms. The minimum atomic E-state index is -1.10. The molecule has 0 aromatic heterocycles. The minimum Gasteiger partial charge on any atom is -0.384 e. The molecule has 1 atom stereocenters. The van der Waals surface area contributed by atoms with E-state index in [4.69, 9.17) is 0 Å². The Morgan fingerprint density at radius 1 is 1.06 bits per heavy atom. The summed E-state index contributed by atoms with van der Waals surface area (Å²) in [7, 11) is 0. The van der Waals surface area contributed by atoms with Gasteiger partial charge in [0.15, 0.2) is 0 Å². The molecule has 2 aromatic carbocycles. The lowest BCUT2D eigenvalue weighted by Gasteiger charge is -2.13. The Morgan fingerprint density at radius 3 is 2.39 bits per heavy atom. The summed E-state index contributed by atoms with van der Waals surface area (Å²) in [4.78, 5) is 0. The van der Waals surface area contributed by atoms with E-state index in [-0.39, 0.29) is 11.4 Å². The summed E-state index contributed by atoms with van der Waals surface area (Å²) in [6.45, 7) is 1.60. The van der Waals surface area contributed by atoms with Crippen LogP contribution in [-0.4, -0.2) is 5.11 Å². The van der Waals surface area contributed by atoms with Crippen LogP contribution in [0.1, 0.15) is 22.8 Å². The van der Waals surface area contributed by atoms with Crippen LogP contribution in [0, 0.1) is 18.6 Å². The van der Waals surface area contributed by atoms with Crippen LogP contribution in [-0.2, 0) is 0 Å². The van der Waals surface area contributed by atoms with Gasteiger partial charge < -0.3 is 5.11 Å². The van der Waals surface area contributed by atoms with Gasteiger partial charge in [0.25, 0.3) is 0 Å². The lowest BCUT2D eigenvalue weighted by molar-refractivity contribution is 0.214. The van der Waals surface area contributed by atoms with Gasteiger partial charge in [0, 0.05) is 10.0 Å². The molecular formula is C14H11BrF2O. The molecule has 0 aliphatic heterocycles. The van der Waals surface area contributed by atoms with Crippen LogP contribution in [0.3, 0.4) is 0 Å². The zero-order valence-electron chi connectivity index (χ0n) is 9.62. The summed E-state index contributed by atoms with van der Waals surface area (Å²) in [5, 5.41) is 10.1. The first-order valence-corrected chi connectivity index (χ1v) is 6.17. The van der Waals surface area contributed by atoms with Crippen molar-refractivity contribution in [3.05, 3.63) is 69.2 Å². The fourth-order valence-corrected chi connectivity index (χ4v) is 2.07. The van der Waals surface area contributed by atoms with Gasteiger partial charge in [-0.25, -0.2) is 8.78 Å². The van der Waals surface area contributed by atoms with Crippen molar-refractivity contribution < 1.29 is 13.9 Å². The van der Waals surface area contributed by atoms with Crippen LogP contribution in [0.5, 0.6) is 0 Å². The molecule has 0 heterocycles. The largest absolute Gasteiger partial charge is 0.384 e. The van der Waals surface area contributed by atoms with E-state index in [1.54, 1.807) is 13.0 Å². The molecule has 0 aliphatic carbocycles. The molecule has 0 fully saturated rings. The molecule has 0 bridgehead atoms. The summed E-state index contributed by atoms with van der Waals surface area (Å²) < 4.78 is 27.4. The standard InChI is InChI=1S/C14H11BrF2O/c1-8-6-9(2-5-12(8)16)14(18)11-4-3-10(15)7-13(11)17/h2-7,14,18H,1H3. The number of aliphatic hydroxyl groups excluding tert-OH is 1.